The summed E-state index contributed by atoms with van der Waals surface area (Å²) in [5.41, 5.74) is 3.47. The zero-order valence-electron chi connectivity index (χ0n) is 14.2. The fraction of sp³-hybridized carbons (Fsp3) is 0.412. The Balaban J connectivity index is 1.97. The number of benzene rings is 1. The number of hydrogen-bond donors (Lipinski definition) is 1. The Morgan fingerprint density at radius 3 is 2.70 bits per heavy atom. The van der Waals surface area contributed by atoms with Crippen molar-refractivity contribution in [1.29, 1.82) is 0 Å². The molecule has 0 bridgehead atoms. The van der Waals surface area contributed by atoms with Crippen molar-refractivity contribution >= 4 is 17.3 Å². The van der Waals surface area contributed by atoms with E-state index >= 15 is 0 Å². The molecule has 124 valence electrons. The van der Waals surface area contributed by atoms with Gasteiger partial charge in [-0.3, -0.25) is 4.99 Å². The minimum absolute atomic E-state index is 0.615. The molecule has 0 fully saturated rings. The second kappa shape index (κ2) is 8.64. The lowest BCUT2D eigenvalue weighted by Gasteiger charge is -2.21. The molecule has 0 aliphatic heterocycles. The standard InChI is InChI=1S/C17H24N4OS/c1-13-20-16(12-23-13)10-21(3)17(18-2)19-9-14-7-5-6-8-15(14)11-22-4/h5-8,12H,9-11H2,1-4H3,(H,18,19). The quantitative estimate of drug-likeness (QED) is 0.653. The van der Waals surface area contributed by atoms with Gasteiger partial charge in [-0.05, 0) is 18.1 Å². The predicted octanol–water partition coefficient (Wildman–Crippen LogP) is 2.81. The van der Waals surface area contributed by atoms with Gasteiger partial charge in [0.1, 0.15) is 0 Å². The van der Waals surface area contributed by atoms with E-state index in [9.17, 15) is 0 Å². The molecular formula is C17H24N4OS. The van der Waals surface area contributed by atoms with Crippen LogP contribution in [0.1, 0.15) is 21.8 Å². The zero-order chi connectivity index (χ0) is 16.7. The fourth-order valence-electron chi connectivity index (χ4n) is 2.38. The average Bonchev–Trinajstić information content (AvgIpc) is 2.94. The lowest BCUT2D eigenvalue weighted by molar-refractivity contribution is 0.184. The van der Waals surface area contributed by atoms with Gasteiger partial charge in [0, 0.05) is 33.1 Å². The molecule has 0 atom stereocenters. The van der Waals surface area contributed by atoms with Gasteiger partial charge in [-0.1, -0.05) is 24.3 Å². The zero-order valence-corrected chi connectivity index (χ0v) is 15.0. The molecule has 1 heterocycles. The van der Waals surface area contributed by atoms with E-state index in [1.807, 2.05) is 26.1 Å². The van der Waals surface area contributed by atoms with E-state index < -0.39 is 0 Å². The second-order valence-electron chi connectivity index (χ2n) is 5.32. The Labute approximate surface area is 142 Å². The van der Waals surface area contributed by atoms with E-state index in [2.05, 4.69) is 37.7 Å². The molecule has 0 saturated heterocycles. The van der Waals surface area contributed by atoms with Crippen LogP contribution in [0, 0.1) is 6.92 Å². The number of rotatable bonds is 6. The minimum atomic E-state index is 0.615. The van der Waals surface area contributed by atoms with Crippen molar-refractivity contribution in [3.05, 3.63) is 51.5 Å². The Kier molecular flexibility index (Phi) is 6.55. The average molecular weight is 332 g/mol. The van der Waals surface area contributed by atoms with E-state index in [4.69, 9.17) is 4.74 Å². The first-order valence-corrected chi connectivity index (χ1v) is 8.40. The van der Waals surface area contributed by atoms with E-state index in [0.29, 0.717) is 13.2 Å². The van der Waals surface area contributed by atoms with Crippen molar-refractivity contribution in [1.82, 2.24) is 15.2 Å². The molecule has 23 heavy (non-hydrogen) atoms. The third-order valence-electron chi connectivity index (χ3n) is 3.49. The molecule has 0 spiro atoms. The Morgan fingerprint density at radius 2 is 2.09 bits per heavy atom. The van der Waals surface area contributed by atoms with Crippen LogP contribution in [0.4, 0.5) is 0 Å². The molecule has 1 N–H and O–H groups in total. The summed E-state index contributed by atoms with van der Waals surface area (Å²) in [6.45, 7) is 4.09. The van der Waals surface area contributed by atoms with Crippen LogP contribution >= 0.6 is 11.3 Å². The molecule has 0 aliphatic rings. The summed E-state index contributed by atoms with van der Waals surface area (Å²) in [7, 11) is 5.53. The summed E-state index contributed by atoms with van der Waals surface area (Å²) in [6, 6.07) is 8.27. The first-order chi connectivity index (χ1) is 11.1. The summed E-state index contributed by atoms with van der Waals surface area (Å²) in [4.78, 5) is 10.9. The van der Waals surface area contributed by atoms with E-state index in [-0.39, 0.29) is 0 Å². The monoisotopic (exact) mass is 332 g/mol. The van der Waals surface area contributed by atoms with Gasteiger partial charge in [-0.2, -0.15) is 0 Å². The van der Waals surface area contributed by atoms with Gasteiger partial charge in [0.05, 0.1) is 23.9 Å². The van der Waals surface area contributed by atoms with Crippen LogP contribution in [0.15, 0.2) is 34.6 Å². The van der Waals surface area contributed by atoms with Crippen LogP contribution in [0.5, 0.6) is 0 Å². The van der Waals surface area contributed by atoms with Gasteiger partial charge in [-0.15, -0.1) is 11.3 Å². The minimum Gasteiger partial charge on any atom is -0.380 e. The number of methoxy groups -OCH3 is 1. The summed E-state index contributed by atoms with van der Waals surface area (Å²) >= 11 is 1.67. The van der Waals surface area contributed by atoms with Gasteiger partial charge in [0.2, 0.25) is 0 Å². The van der Waals surface area contributed by atoms with Gasteiger partial charge >= 0.3 is 0 Å². The number of hydrogen-bond acceptors (Lipinski definition) is 4. The predicted molar refractivity (Wildman–Crippen MR) is 95.7 cm³/mol. The van der Waals surface area contributed by atoms with Crippen LogP contribution in [0.3, 0.4) is 0 Å². The maximum absolute atomic E-state index is 5.25. The van der Waals surface area contributed by atoms with Crippen LogP contribution in [0.2, 0.25) is 0 Å². The SMILES string of the molecule is CN=C(NCc1ccccc1COC)N(C)Cc1csc(C)n1. The molecule has 0 radical (unpaired) electrons. The van der Waals surface area contributed by atoms with Crippen molar-refractivity contribution in [3.8, 4) is 0 Å². The first kappa shape index (κ1) is 17.4. The molecule has 1 aromatic heterocycles. The second-order valence-corrected chi connectivity index (χ2v) is 6.38. The molecule has 0 saturated carbocycles. The highest BCUT2D eigenvalue weighted by atomic mass is 32.1. The number of thiazole rings is 1. The fourth-order valence-corrected chi connectivity index (χ4v) is 2.99. The third-order valence-corrected chi connectivity index (χ3v) is 4.32. The summed E-state index contributed by atoms with van der Waals surface area (Å²) < 4.78 is 5.25. The van der Waals surface area contributed by atoms with Gasteiger partial charge in [0.15, 0.2) is 5.96 Å². The van der Waals surface area contributed by atoms with Crippen LogP contribution in [-0.4, -0.2) is 37.0 Å². The molecule has 0 amide bonds. The van der Waals surface area contributed by atoms with Gasteiger partial charge in [0.25, 0.3) is 0 Å². The van der Waals surface area contributed by atoms with E-state index in [0.717, 1.165) is 23.2 Å². The maximum Gasteiger partial charge on any atom is 0.194 e. The van der Waals surface area contributed by atoms with Crippen molar-refractivity contribution < 1.29 is 4.74 Å². The van der Waals surface area contributed by atoms with Crippen LogP contribution < -0.4 is 5.32 Å². The van der Waals surface area contributed by atoms with E-state index in [1.54, 1.807) is 25.5 Å². The highest BCUT2D eigenvalue weighted by Gasteiger charge is 2.09. The molecule has 0 unspecified atom stereocenters. The highest BCUT2D eigenvalue weighted by Crippen LogP contribution is 2.11. The number of aryl methyl sites for hydroxylation is 1. The van der Waals surface area contributed by atoms with Crippen molar-refractivity contribution in [2.75, 3.05) is 21.2 Å². The number of aromatic nitrogens is 1. The number of ether oxygens (including phenoxy) is 1. The highest BCUT2D eigenvalue weighted by molar-refractivity contribution is 7.09. The normalized spacial score (nSPS) is 11.6. The molecular weight excluding hydrogens is 308 g/mol. The molecule has 2 rings (SSSR count). The lowest BCUT2D eigenvalue weighted by atomic mass is 10.1. The van der Waals surface area contributed by atoms with Crippen LogP contribution in [0.25, 0.3) is 0 Å². The summed E-state index contributed by atoms with van der Waals surface area (Å²) in [5, 5.41) is 6.59. The van der Waals surface area contributed by atoms with E-state index in [1.165, 1.54) is 11.1 Å². The smallest absolute Gasteiger partial charge is 0.194 e. The molecule has 5 nitrogen and oxygen atoms in total. The molecule has 0 aliphatic carbocycles. The number of nitrogens with zero attached hydrogens (tertiary/aromatic N) is 3. The maximum atomic E-state index is 5.25. The third kappa shape index (κ3) is 5.04. The molecule has 1 aromatic carbocycles. The van der Waals surface area contributed by atoms with Crippen molar-refractivity contribution in [2.24, 2.45) is 4.99 Å². The number of aliphatic imine (C=N–C) groups is 1. The van der Waals surface area contributed by atoms with Gasteiger partial charge in [-0.25, -0.2) is 4.98 Å². The Hall–Kier alpha value is -1.92. The van der Waals surface area contributed by atoms with Crippen molar-refractivity contribution in [3.63, 3.8) is 0 Å². The molecule has 2 aromatic rings. The largest absolute Gasteiger partial charge is 0.380 e. The Bertz CT molecular complexity index is 654. The number of guanidine groups is 1. The summed E-state index contributed by atoms with van der Waals surface area (Å²) in [6.07, 6.45) is 0. The first-order valence-electron chi connectivity index (χ1n) is 7.52. The number of nitrogens with one attached hydrogen (secondary N) is 1. The lowest BCUT2D eigenvalue weighted by Crippen LogP contribution is -2.38. The topological polar surface area (TPSA) is 49.8 Å². The van der Waals surface area contributed by atoms with Crippen LogP contribution in [-0.2, 0) is 24.4 Å². The molecule has 6 heteroatoms. The van der Waals surface area contributed by atoms with Crippen molar-refractivity contribution in [2.45, 2.75) is 26.6 Å². The van der Waals surface area contributed by atoms with Gasteiger partial charge < -0.3 is 15.0 Å². The summed E-state index contributed by atoms with van der Waals surface area (Å²) in [5.74, 6) is 0.850. The Morgan fingerprint density at radius 1 is 1.35 bits per heavy atom.